The van der Waals surface area contributed by atoms with Crippen molar-refractivity contribution in [2.75, 3.05) is 58.8 Å². The lowest BCUT2D eigenvalue weighted by atomic mass is 10.1. The Bertz CT molecular complexity index is 1030. The number of nitrogens with zero attached hydrogens (tertiary/aromatic N) is 2. The van der Waals surface area contributed by atoms with Gasteiger partial charge >= 0.3 is 0 Å². The number of hydrogen-bond acceptors (Lipinski definition) is 6. The van der Waals surface area contributed by atoms with Crippen molar-refractivity contribution < 1.29 is 23.9 Å². The lowest BCUT2D eigenvalue weighted by Gasteiger charge is -2.34. The Morgan fingerprint density at radius 3 is 2.34 bits per heavy atom. The molecule has 0 aromatic heterocycles. The van der Waals surface area contributed by atoms with E-state index in [0.29, 0.717) is 61.0 Å². The Labute approximate surface area is 206 Å². The van der Waals surface area contributed by atoms with Crippen LogP contribution in [-0.4, -0.2) is 81.0 Å². The molecule has 0 saturated carbocycles. The minimum absolute atomic E-state index is 0.0851. The summed E-state index contributed by atoms with van der Waals surface area (Å²) in [5.41, 5.74) is 1.47. The summed E-state index contributed by atoms with van der Waals surface area (Å²) in [7, 11) is 3.09. The molecule has 9 nitrogen and oxygen atoms in total. The van der Waals surface area contributed by atoms with E-state index in [1.807, 2.05) is 4.90 Å². The summed E-state index contributed by atoms with van der Waals surface area (Å²) in [6.45, 7) is 5.02. The molecule has 1 aliphatic heterocycles. The van der Waals surface area contributed by atoms with Crippen molar-refractivity contribution >= 4 is 23.4 Å². The molecule has 2 N–H and O–H groups in total. The van der Waals surface area contributed by atoms with Gasteiger partial charge in [0.15, 0.2) is 11.5 Å². The van der Waals surface area contributed by atoms with Crippen LogP contribution in [0.15, 0.2) is 42.5 Å². The minimum atomic E-state index is -0.198. The number of nitrogens with one attached hydrogen (secondary N) is 2. The van der Waals surface area contributed by atoms with Crippen LogP contribution in [0.5, 0.6) is 11.5 Å². The highest BCUT2D eigenvalue weighted by Gasteiger charge is 2.24. The number of amides is 3. The maximum Gasteiger partial charge on any atom is 0.254 e. The number of para-hydroxylation sites is 1. The van der Waals surface area contributed by atoms with Gasteiger partial charge < -0.3 is 25.0 Å². The van der Waals surface area contributed by atoms with Crippen LogP contribution >= 0.6 is 0 Å². The fourth-order valence-electron chi connectivity index (χ4n) is 3.92. The Balaban J connectivity index is 1.52. The molecule has 0 spiro atoms. The monoisotopic (exact) mass is 482 g/mol. The topological polar surface area (TPSA) is 100 Å². The Morgan fingerprint density at radius 2 is 1.66 bits per heavy atom. The number of carbonyl (C=O) groups is 3. The zero-order chi connectivity index (χ0) is 25.2. The van der Waals surface area contributed by atoms with Crippen molar-refractivity contribution in [3.05, 3.63) is 53.6 Å². The normalized spacial score (nSPS) is 13.7. The number of benzene rings is 2. The number of ether oxygens (including phenoxy) is 2. The zero-order valence-electron chi connectivity index (χ0n) is 20.6. The average molecular weight is 483 g/mol. The smallest absolute Gasteiger partial charge is 0.254 e. The SMILES string of the molecule is CCCCNC(=O)c1ccccc1NC(=O)CN1CCN(C(=O)c2ccc(OC)c(OC)c2)CC1. The molecule has 3 amide bonds. The van der Waals surface area contributed by atoms with Crippen molar-refractivity contribution in [3.8, 4) is 11.5 Å². The van der Waals surface area contributed by atoms with E-state index in [0.717, 1.165) is 12.8 Å². The van der Waals surface area contributed by atoms with Gasteiger partial charge in [0.05, 0.1) is 32.0 Å². The highest BCUT2D eigenvalue weighted by atomic mass is 16.5. The molecule has 0 unspecified atom stereocenters. The second-order valence-electron chi connectivity index (χ2n) is 8.34. The third-order valence-corrected chi connectivity index (χ3v) is 5.92. The average Bonchev–Trinajstić information content (AvgIpc) is 2.88. The van der Waals surface area contributed by atoms with Crippen molar-refractivity contribution in [3.63, 3.8) is 0 Å². The molecule has 0 atom stereocenters. The van der Waals surface area contributed by atoms with Gasteiger partial charge in [0.25, 0.3) is 11.8 Å². The number of anilines is 1. The van der Waals surface area contributed by atoms with Crippen LogP contribution < -0.4 is 20.1 Å². The lowest BCUT2D eigenvalue weighted by Crippen LogP contribution is -2.50. The maximum atomic E-state index is 12.9. The predicted molar refractivity (Wildman–Crippen MR) is 134 cm³/mol. The third kappa shape index (κ3) is 6.95. The Hall–Kier alpha value is -3.59. The number of unbranched alkanes of at least 4 members (excludes halogenated alkanes) is 1. The number of carbonyl (C=O) groups excluding carboxylic acids is 3. The molecule has 2 aromatic rings. The largest absolute Gasteiger partial charge is 0.493 e. The van der Waals surface area contributed by atoms with Gasteiger partial charge in [0.2, 0.25) is 5.91 Å². The number of rotatable bonds is 10. The first-order chi connectivity index (χ1) is 17.0. The molecule has 1 heterocycles. The van der Waals surface area contributed by atoms with E-state index in [1.54, 1.807) is 54.5 Å². The standard InChI is InChI=1S/C26H34N4O5/c1-4-5-12-27-25(32)20-8-6-7-9-21(20)28-24(31)18-29-13-15-30(16-14-29)26(33)19-10-11-22(34-2)23(17-19)35-3/h6-11,17H,4-5,12-16,18H2,1-3H3,(H,27,32)(H,28,31). The fourth-order valence-corrected chi connectivity index (χ4v) is 3.92. The van der Waals surface area contributed by atoms with Gasteiger partial charge in [-0.25, -0.2) is 0 Å². The van der Waals surface area contributed by atoms with Crippen LogP contribution in [0.4, 0.5) is 5.69 Å². The molecule has 1 saturated heterocycles. The van der Waals surface area contributed by atoms with Crippen LogP contribution in [0.25, 0.3) is 0 Å². The Kier molecular flexibility index (Phi) is 9.48. The summed E-state index contributed by atoms with van der Waals surface area (Å²) >= 11 is 0. The summed E-state index contributed by atoms with van der Waals surface area (Å²) < 4.78 is 10.5. The van der Waals surface area contributed by atoms with E-state index in [9.17, 15) is 14.4 Å². The second-order valence-corrected chi connectivity index (χ2v) is 8.34. The molecule has 3 rings (SSSR count). The van der Waals surface area contributed by atoms with Crippen LogP contribution in [0.2, 0.25) is 0 Å². The van der Waals surface area contributed by atoms with Crippen LogP contribution in [0, 0.1) is 0 Å². The van der Waals surface area contributed by atoms with Gasteiger partial charge in [-0.2, -0.15) is 0 Å². The van der Waals surface area contributed by atoms with Gasteiger partial charge in [-0.1, -0.05) is 25.5 Å². The first kappa shape index (κ1) is 26.0. The van der Waals surface area contributed by atoms with Crippen molar-refractivity contribution in [2.24, 2.45) is 0 Å². The molecule has 9 heteroatoms. The van der Waals surface area contributed by atoms with Gasteiger partial charge in [-0.3, -0.25) is 19.3 Å². The molecule has 35 heavy (non-hydrogen) atoms. The molecule has 1 aliphatic rings. The van der Waals surface area contributed by atoms with Crippen LogP contribution in [0.1, 0.15) is 40.5 Å². The molecular formula is C26H34N4O5. The molecule has 0 radical (unpaired) electrons. The molecule has 0 aliphatic carbocycles. The quantitative estimate of drug-likeness (QED) is 0.505. The summed E-state index contributed by atoms with van der Waals surface area (Å²) in [6.07, 6.45) is 1.90. The van der Waals surface area contributed by atoms with Gasteiger partial charge in [0, 0.05) is 38.3 Å². The van der Waals surface area contributed by atoms with Gasteiger partial charge in [0.1, 0.15) is 0 Å². The van der Waals surface area contributed by atoms with E-state index in [2.05, 4.69) is 17.6 Å². The minimum Gasteiger partial charge on any atom is -0.493 e. The van der Waals surface area contributed by atoms with Crippen molar-refractivity contribution in [1.29, 1.82) is 0 Å². The number of methoxy groups -OCH3 is 2. The van der Waals surface area contributed by atoms with E-state index >= 15 is 0 Å². The zero-order valence-corrected chi connectivity index (χ0v) is 20.6. The van der Waals surface area contributed by atoms with E-state index < -0.39 is 0 Å². The highest BCUT2D eigenvalue weighted by Crippen LogP contribution is 2.28. The van der Waals surface area contributed by atoms with Crippen LogP contribution in [-0.2, 0) is 4.79 Å². The molecule has 188 valence electrons. The summed E-state index contributed by atoms with van der Waals surface area (Å²) in [5.74, 6) is 0.598. The fraction of sp³-hybridized carbons (Fsp3) is 0.423. The summed E-state index contributed by atoms with van der Waals surface area (Å²) in [4.78, 5) is 41.9. The molecule has 2 aromatic carbocycles. The van der Waals surface area contributed by atoms with Crippen LogP contribution in [0.3, 0.4) is 0 Å². The summed E-state index contributed by atoms with van der Waals surface area (Å²) in [5, 5.41) is 5.75. The second kappa shape index (κ2) is 12.8. The van der Waals surface area contributed by atoms with Gasteiger partial charge in [-0.05, 0) is 36.8 Å². The van der Waals surface area contributed by atoms with Gasteiger partial charge in [-0.15, -0.1) is 0 Å². The predicted octanol–water partition coefficient (Wildman–Crippen LogP) is 2.63. The lowest BCUT2D eigenvalue weighted by molar-refractivity contribution is -0.117. The summed E-state index contributed by atoms with van der Waals surface area (Å²) in [6, 6.07) is 12.1. The number of piperazine rings is 1. The molecule has 1 fully saturated rings. The third-order valence-electron chi connectivity index (χ3n) is 5.92. The first-order valence-electron chi connectivity index (χ1n) is 11.9. The maximum absolute atomic E-state index is 12.9. The van der Waals surface area contributed by atoms with Crippen molar-refractivity contribution in [1.82, 2.24) is 15.1 Å². The highest BCUT2D eigenvalue weighted by molar-refractivity contribution is 6.04. The number of hydrogen-bond donors (Lipinski definition) is 2. The molecular weight excluding hydrogens is 448 g/mol. The first-order valence-corrected chi connectivity index (χ1v) is 11.9. The Morgan fingerprint density at radius 1 is 0.943 bits per heavy atom. The van der Waals surface area contributed by atoms with E-state index in [1.165, 1.54) is 7.11 Å². The van der Waals surface area contributed by atoms with Crippen molar-refractivity contribution in [2.45, 2.75) is 19.8 Å². The van der Waals surface area contributed by atoms with E-state index in [4.69, 9.17) is 9.47 Å². The molecule has 0 bridgehead atoms. The van der Waals surface area contributed by atoms with E-state index in [-0.39, 0.29) is 24.3 Å².